The summed E-state index contributed by atoms with van der Waals surface area (Å²) in [7, 11) is 0. The van der Waals surface area contributed by atoms with E-state index < -0.39 is 22.4 Å². The van der Waals surface area contributed by atoms with Crippen LogP contribution in [0.25, 0.3) is 11.0 Å². The molecule has 0 radical (unpaired) electrons. The minimum Gasteiger partial charge on any atom is -0.387 e. The number of hydrogen-bond acceptors (Lipinski definition) is 6. The number of nitrogens with one attached hydrogen (secondary N) is 2. The Bertz CT molecular complexity index is 641. The maximum Gasteiger partial charge on any atom is 0.279 e. The predicted octanol–water partition coefficient (Wildman–Crippen LogP) is -0.800. The Hall–Kier alpha value is -1.04. The highest BCUT2D eigenvalue weighted by Gasteiger charge is 2.43. The number of aromatic amines is 2. The normalized spacial score (nSPS) is 32.2. The molecule has 4 atom stereocenters. The summed E-state index contributed by atoms with van der Waals surface area (Å²) in [6, 6.07) is 0. The minimum absolute atomic E-state index is 0.148. The fourth-order valence-electron chi connectivity index (χ4n) is 1.93. The summed E-state index contributed by atoms with van der Waals surface area (Å²) in [5.74, 6) is 0. The molecular weight excluding hydrogens is 355 g/mol. The second kappa shape index (κ2) is 4.26. The van der Waals surface area contributed by atoms with Gasteiger partial charge in [-0.1, -0.05) is 0 Å². The monoisotopic (exact) mass is 364 g/mol. The molecule has 18 heavy (non-hydrogen) atoms. The number of aromatic nitrogens is 4. The van der Waals surface area contributed by atoms with Gasteiger partial charge in [0.15, 0.2) is 5.52 Å². The van der Waals surface area contributed by atoms with E-state index in [1.54, 1.807) is 0 Å². The summed E-state index contributed by atoms with van der Waals surface area (Å²) in [5, 5.41) is 26.0. The van der Waals surface area contributed by atoms with Crippen molar-refractivity contribution in [2.45, 2.75) is 22.4 Å². The van der Waals surface area contributed by atoms with Gasteiger partial charge in [0.05, 0.1) is 12.0 Å². The molecule has 0 aliphatic carbocycles. The van der Waals surface area contributed by atoms with Crippen LogP contribution in [0.15, 0.2) is 11.1 Å². The number of nitrogens with zero attached hydrogens (tertiary/aromatic N) is 2. The lowest BCUT2D eigenvalue weighted by Gasteiger charge is -2.12. The van der Waals surface area contributed by atoms with E-state index in [4.69, 9.17) is 4.74 Å². The van der Waals surface area contributed by atoms with E-state index in [1.165, 1.54) is 6.33 Å². The van der Waals surface area contributed by atoms with Crippen molar-refractivity contribution < 1.29 is 14.9 Å². The molecule has 96 valence electrons. The van der Waals surface area contributed by atoms with E-state index in [9.17, 15) is 15.0 Å². The van der Waals surface area contributed by atoms with Gasteiger partial charge in [-0.2, -0.15) is 5.10 Å². The van der Waals surface area contributed by atoms with Crippen molar-refractivity contribution in [1.29, 1.82) is 0 Å². The Balaban J connectivity index is 2.11. The summed E-state index contributed by atoms with van der Waals surface area (Å²) >= 11 is 1.89. The third-order valence-electron chi connectivity index (χ3n) is 2.86. The Kier molecular flexibility index (Phi) is 2.84. The average molecular weight is 364 g/mol. The van der Waals surface area contributed by atoms with Crippen LogP contribution >= 0.6 is 22.6 Å². The number of aliphatic hydroxyl groups excluding tert-OH is 2. The molecule has 2 aromatic heterocycles. The molecule has 0 spiro atoms. The van der Waals surface area contributed by atoms with Crippen molar-refractivity contribution >= 4 is 33.6 Å². The molecule has 1 aliphatic heterocycles. The van der Waals surface area contributed by atoms with Gasteiger partial charge in [-0.3, -0.25) is 9.89 Å². The van der Waals surface area contributed by atoms with E-state index in [-0.39, 0.29) is 11.1 Å². The summed E-state index contributed by atoms with van der Waals surface area (Å²) < 4.78 is 4.92. The predicted molar refractivity (Wildman–Crippen MR) is 68.2 cm³/mol. The third kappa shape index (κ3) is 1.66. The summed E-state index contributed by atoms with van der Waals surface area (Å²) in [6.45, 7) is 0. The first-order valence-electron chi connectivity index (χ1n) is 5.17. The molecule has 9 heteroatoms. The van der Waals surface area contributed by atoms with Crippen LogP contribution in [-0.4, -0.2) is 46.7 Å². The molecule has 1 aliphatic rings. The fourth-order valence-corrected chi connectivity index (χ4v) is 2.68. The number of aliphatic hydroxyl groups is 2. The molecule has 4 N–H and O–H groups in total. The smallest absolute Gasteiger partial charge is 0.279 e. The summed E-state index contributed by atoms with van der Waals surface area (Å²) in [4.78, 5) is 17.9. The van der Waals surface area contributed by atoms with Crippen molar-refractivity contribution in [3.05, 3.63) is 22.4 Å². The first-order chi connectivity index (χ1) is 8.59. The van der Waals surface area contributed by atoms with Crippen LogP contribution in [0, 0.1) is 0 Å². The molecule has 1 saturated heterocycles. The van der Waals surface area contributed by atoms with Crippen LogP contribution in [0.2, 0.25) is 0 Å². The molecule has 3 rings (SSSR count). The second-order valence-corrected chi connectivity index (χ2v) is 5.18. The Morgan fingerprint density at radius 2 is 2.11 bits per heavy atom. The van der Waals surface area contributed by atoms with Crippen LogP contribution in [0.1, 0.15) is 11.8 Å². The molecule has 3 heterocycles. The van der Waals surface area contributed by atoms with Crippen molar-refractivity contribution in [1.82, 2.24) is 20.2 Å². The quantitative estimate of drug-likeness (QED) is 0.388. The lowest BCUT2D eigenvalue weighted by atomic mass is 10.1. The maximum atomic E-state index is 11.5. The zero-order chi connectivity index (χ0) is 12.9. The molecule has 2 aromatic rings. The van der Waals surface area contributed by atoms with Gasteiger partial charge in [0.1, 0.15) is 27.9 Å². The zero-order valence-electron chi connectivity index (χ0n) is 8.87. The Morgan fingerprint density at radius 3 is 2.78 bits per heavy atom. The van der Waals surface area contributed by atoms with E-state index in [0.717, 1.165) is 0 Å². The van der Waals surface area contributed by atoms with Crippen LogP contribution in [-0.2, 0) is 4.74 Å². The van der Waals surface area contributed by atoms with E-state index >= 15 is 0 Å². The van der Waals surface area contributed by atoms with Gasteiger partial charge in [0, 0.05) is 0 Å². The number of H-pyrrole nitrogens is 2. The SMILES string of the molecule is O=c1[nH]cnc2c(C3O[C@H](I)[C@@H](O)[C@H]3O)[nH]nc12. The number of rotatable bonds is 1. The lowest BCUT2D eigenvalue weighted by Crippen LogP contribution is -2.27. The van der Waals surface area contributed by atoms with E-state index in [1.807, 2.05) is 22.6 Å². The second-order valence-electron chi connectivity index (χ2n) is 3.96. The first kappa shape index (κ1) is 12.0. The Labute approximate surface area is 114 Å². The maximum absolute atomic E-state index is 11.5. The van der Waals surface area contributed by atoms with Gasteiger partial charge in [-0.25, -0.2) is 4.98 Å². The first-order valence-corrected chi connectivity index (χ1v) is 6.41. The fraction of sp³-hybridized carbons (Fsp3) is 0.444. The van der Waals surface area contributed by atoms with Gasteiger partial charge in [0.2, 0.25) is 0 Å². The summed E-state index contributed by atoms with van der Waals surface area (Å²) in [6.07, 6.45) is -1.60. The number of halogens is 1. The highest BCUT2D eigenvalue weighted by Crippen LogP contribution is 2.36. The topological polar surface area (TPSA) is 124 Å². The molecule has 0 bridgehead atoms. The number of fused-ring (bicyclic) bond motifs is 1. The average Bonchev–Trinajstić information content (AvgIpc) is 2.88. The minimum atomic E-state index is -1.09. The largest absolute Gasteiger partial charge is 0.387 e. The van der Waals surface area contributed by atoms with Crippen LogP contribution in [0.4, 0.5) is 0 Å². The van der Waals surface area contributed by atoms with Gasteiger partial charge in [-0.15, -0.1) is 0 Å². The van der Waals surface area contributed by atoms with Crippen molar-refractivity contribution in [2.24, 2.45) is 0 Å². The van der Waals surface area contributed by atoms with Gasteiger partial charge < -0.3 is 19.9 Å². The third-order valence-corrected chi connectivity index (χ3v) is 3.89. The van der Waals surface area contributed by atoms with Crippen LogP contribution < -0.4 is 5.56 Å². The number of alkyl halides is 1. The molecule has 1 fully saturated rings. The van der Waals surface area contributed by atoms with Gasteiger partial charge in [-0.05, 0) is 22.6 Å². The van der Waals surface area contributed by atoms with Crippen LogP contribution in [0.5, 0.6) is 0 Å². The Morgan fingerprint density at radius 1 is 1.33 bits per heavy atom. The number of ether oxygens (including phenoxy) is 1. The molecular formula is C9H9IN4O4. The highest BCUT2D eigenvalue weighted by atomic mass is 127. The molecule has 0 saturated carbocycles. The van der Waals surface area contributed by atoms with Crippen LogP contribution in [0.3, 0.4) is 0 Å². The zero-order valence-corrected chi connectivity index (χ0v) is 11.0. The van der Waals surface area contributed by atoms with E-state index in [2.05, 4.69) is 20.2 Å². The molecule has 8 nitrogen and oxygen atoms in total. The molecule has 0 amide bonds. The van der Waals surface area contributed by atoms with Gasteiger partial charge in [0.25, 0.3) is 5.56 Å². The lowest BCUT2D eigenvalue weighted by molar-refractivity contribution is 0.0208. The summed E-state index contributed by atoms with van der Waals surface area (Å²) in [5.41, 5.74) is 0.499. The van der Waals surface area contributed by atoms with Gasteiger partial charge >= 0.3 is 0 Å². The van der Waals surface area contributed by atoms with E-state index in [0.29, 0.717) is 11.2 Å². The van der Waals surface area contributed by atoms with Crippen molar-refractivity contribution in [3.63, 3.8) is 0 Å². The van der Waals surface area contributed by atoms with Crippen molar-refractivity contribution in [3.8, 4) is 0 Å². The van der Waals surface area contributed by atoms with Crippen molar-refractivity contribution in [2.75, 3.05) is 0 Å². The standard InChI is InChI=1S/C9H9IN4O4/c10-8-6(16)5(15)7(18-8)3-2-4(14-13-3)9(17)12-1-11-2/h1,5-8,15-16H,(H,13,14)(H,11,12,17)/t5-,6+,7?,8+/m1/s1. The highest BCUT2D eigenvalue weighted by molar-refractivity contribution is 14.1. The molecule has 0 aromatic carbocycles. The number of hydrogen-bond donors (Lipinski definition) is 4. The molecule has 1 unspecified atom stereocenters.